The Labute approximate surface area is 170 Å². The molecule has 0 atom stereocenters. The van der Waals surface area contributed by atoms with E-state index in [1.807, 2.05) is 0 Å². The molecule has 0 saturated carbocycles. The summed E-state index contributed by atoms with van der Waals surface area (Å²) in [6.45, 7) is 6.92. The van der Waals surface area contributed by atoms with Crippen molar-refractivity contribution in [2.24, 2.45) is 0 Å². The Morgan fingerprint density at radius 3 is 2.81 bits per heavy atom. The predicted octanol–water partition coefficient (Wildman–Crippen LogP) is 3.96. The number of pyridine rings is 1. The first-order valence-corrected chi connectivity index (χ1v) is 9.45. The van der Waals surface area contributed by atoms with Gasteiger partial charge in [0, 0.05) is 12.2 Å². The number of nitrogens with two attached hydrogens (primary N) is 1. The molecular weight excluding hydrogens is 380 g/mol. The van der Waals surface area contributed by atoms with E-state index in [4.69, 9.17) is 29.6 Å². The first-order valence-electron chi connectivity index (χ1n) is 8.67. The molecule has 0 radical (unpaired) electrons. The first-order chi connectivity index (χ1) is 13.0. The lowest BCUT2D eigenvalue weighted by molar-refractivity contribution is 0.693. The van der Waals surface area contributed by atoms with Crippen LogP contribution >= 0.6 is 23.8 Å². The van der Waals surface area contributed by atoms with Gasteiger partial charge < -0.3 is 16.4 Å². The van der Waals surface area contributed by atoms with Crippen LogP contribution in [0.3, 0.4) is 0 Å². The lowest BCUT2D eigenvalue weighted by atomic mass is 10.2. The summed E-state index contributed by atoms with van der Waals surface area (Å²) in [5, 5.41) is 7.09. The molecule has 2 aromatic rings. The van der Waals surface area contributed by atoms with Crippen molar-refractivity contribution in [1.29, 1.82) is 0 Å². The zero-order valence-corrected chi connectivity index (χ0v) is 16.8. The Morgan fingerprint density at radius 2 is 2.11 bits per heavy atom. The third-order valence-corrected chi connectivity index (χ3v) is 4.05. The van der Waals surface area contributed by atoms with Crippen LogP contribution in [0, 0.1) is 0 Å². The molecule has 0 aliphatic carbocycles. The van der Waals surface area contributed by atoms with E-state index in [9.17, 15) is 0 Å². The number of allylic oxidation sites excluding steroid dienone is 1. The van der Waals surface area contributed by atoms with Crippen molar-refractivity contribution in [2.75, 3.05) is 12.3 Å². The van der Waals surface area contributed by atoms with Gasteiger partial charge in [0.05, 0.1) is 11.9 Å². The summed E-state index contributed by atoms with van der Waals surface area (Å²) in [5.41, 5.74) is 8.34. The van der Waals surface area contributed by atoms with Crippen LogP contribution in [-0.4, -0.2) is 26.6 Å². The minimum atomic E-state index is 0.290. The van der Waals surface area contributed by atoms with Crippen molar-refractivity contribution in [2.45, 2.75) is 26.2 Å². The molecule has 0 bridgehead atoms. The highest BCUT2D eigenvalue weighted by Gasteiger charge is 2.06. The van der Waals surface area contributed by atoms with Crippen molar-refractivity contribution in [3.63, 3.8) is 0 Å². The summed E-state index contributed by atoms with van der Waals surface area (Å²) in [7, 11) is 0. The Kier molecular flexibility index (Phi) is 8.16. The van der Waals surface area contributed by atoms with Gasteiger partial charge in [0.1, 0.15) is 22.4 Å². The number of halogens is 1. The number of nitrogens with one attached hydrogen (secondary N) is 2. The molecule has 2 aromatic heterocycles. The SMILES string of the molecule is C=C(/C=C\c1ncc(-c2cccc(Cl)n2)nc1N)NC(=S)NCCCCC. The van der Waals surface area contributed by atoms with Gasteiger partial charge in [-0.05, 0) is 42.9 Å². The number of hydrogen-bond donors (Lipinski definition) is 3. The molecule has 8 heteroatoms. The molecule has 2 rings (SSSR count). The molecule has 6 nitrogen and oxygen atoms in total. The van der Waals surface area contributed by atoms with Crippen molar-refractivity contribution < 1.29 is 0 Å². The van der Waals surface area contributed by atoms with Gasteiger partial charge in [0.15, 0.2) is 5.11 Å². The summed E-state index contributed by atoms with van der Waals surface area (Å²) in [5.74, 6) is 0.290. The van der Waals surface area contributed by atoms with Crippen LogP contribution in [0.25, 0.3) is 17.5 Å². The molecule has 4 N–H and O–H groups in total. The first kappa shape index (κ1) is 20.8. The molecule has 0 saturated heterocycles. The topological polar surface area (TPSA) is 88.8 Å². The van der Waals surface area contributed by atoms with Gasteiger partial charge in [-0.3, -0.25) is 4.98 Å². The van der Waals surface area contributed by atoms with Gasteiger partial charge in [-0.1, -0.05) is 44.0 Å². The van der Waals surface area contributed by atoms with Crippen LogP contribution in [0.5, 0.6) is 0 Å². The average Bonchev–Trinajstić information content (AvgIpc) is 2.64. The summed E-state index contributed by atoms with van der Waals surface area (Å²) in [4.78, 5) is 12.9. The second-order valence-corrected chi connectivity index (χ2v) is 6.61. The Bertz CT molecular complexity index is 837. The maximum Gasteiger partial charge on any atom is 0.170 e. The second-order valence-electron chi connectivity index (χ2n) is 5.82. The van der Waals surface area contributed by atoms with Crippen LogP contribution in [0.1, 0.15) is 31.9 Å². The van der Waals surface area contributed by atoms with E-state index in [0.717, 1.165) is 13.0 Å². The van der Waals surface area contributed by atoms with Gasteiger partial charge >= 0.3 is 0 Å². The zero-order chi connectivity index (χ0) is 19.6. The second kappa shape index (κ2) is 10.6. The fourth-order valence-electron chi connectivity index (χ4n) is 2.20. The molecule has 0 unspecified atom stereocenters. The minimum Gasteiger partial charge on any atom is -0.382 e. The molecule has 2 heterocycles. The minimum absolute atomic E-state index is 0.290. The number of anilines is 1. The van der Waals surface area contributed by atoms with E-state index in [2.05, 4.69) is 39.1 Å². The largest absolute Gasteiger partial charge is 0.382 e. The molecule has 0 aromatic carbocycles. The molecular formula is C19H23ClN6S. The average molecular weight is 403 g/mol. The monoisotopic (exact) mass is 402 g/mol. The lowest BCUT2D eigenvalue weighted by Gasteiger charge is -2.10. The maximum atomic E-state index is 6.00. The molecule has 0 aliphatic rings. The summed E-state index contributed by atoms with van der Waals surface area (Å²) in [6.07, 6.45) is 8.51. The molecule has 0 spiro atoms. The van der Waals surface area contributed by atoms with E-state index >= 15 is 0 Å². The van der Waals surface area contributed by atoms with E-state index in [1.54, 1.807) is 36.5 Å². The maximum absolute atomic E-state index is 6.00. The molecule has 142 valence electrons. The van der Waals surface area contributed by atoms with E-state index in [1.165, 1.54) is 12.8 Å². The molecule has 27 heavy (non-hydrogen) atoms. The quantitative estimate of drug-likeness (QED) is 0.266. The van der Waals surface area contributed by atoms with Crippen molar-refractivity contribution in [1.82, 2.24) is 25.6 Å². The highest BCUT2D eigenvalue weighted by atomic mass is 35.5. The molecule has 0 aliphatic heterocycles. The normalized spacial score (nSPS) is 10.7. The van der Waals surface area contributed by atoms with Crippen LogP contribution in [0.15, 0.2) is 42.7 Å². The lowest BCUT2D eigenvalue weighted by Crippen LogP contribution is -2.34. The number of unbranched alkanes of at least 4 members (excludes halogenated alkanes) is 2. The van der Waals surface area contributed by atoms with Gasteiger partial charge in [0.25, 0.3) is 0 Å². The zero-order valence-electron chi connectivity index (χ0n) is 15.2. The molecule has 0 fully saturated rings. The number of aromatic nitrogens is 3. The third kappa shape index (κ3) is 6.96. The van der Waals surface area contributed by atoms with Crippen LogP contribution in [0.2, 0.25) is 5.15 Å². The van der Waals surface area contributed by atoms with Crippen molar-refractivity contribution in [3.8, 4) is 11.4 Å². The summed E-state index contributed by atoms with van der Waals surface area (Å²) < 4.78 is 0. The van der Waals surface area contributed by atoms with E-state index < -0.39 is 0 Å². The number of thiocarbonyl (C=S) groups is 1. The van der Waals surface area contributed by atoms with Crippen molar-refractivity contribution in [3.05, 3.63) is 53.6 Å². The fraction of sp³-hybridized carbons (Fsp3) is 0.263. The van der Waals surface area contributed by atoms with Crippen LogP contribution in [-0.2, 0) is 0 Å². The third-order valence-electron chi connectivity index (χ3n) is 3.59. The predicted molar refractivity (Wildman–Crippen MR) is 116 cm³/mol. The van der Waals surface area contributed by atoms with Gasteiger partial charge in [-0.25, -0.2) is 9.97 Å². The summed E-state index contributed by atoms with van der Waals surface area (Å²) >= 11 is 11.1. The number of rotatable bonds is 8. The number of hydrogen-bond acceptors (Lipinski definition) is 5. The van der Waals surface area contributed by atoms with E-state index in [-0.39, 0.29) is 0 Å². The smallest absolute Gasteiger partial charge is 0.170 e. The fourth-order valence-corrected chi connectivity index (χ4v) is 2.60. The standard InChI is InChI=1S/C19H23ClN6S/c1-3-4-5-11-22-19(27)24-13(2)9-10-15-18(21)26-16(12-23-15)14-7-6-8-17(20)25-14/h6-10,12H,2-5,11H2,1H3,(H2,21,26)(H2,22,24,27)/b10-9-. The highest BCUT2D eigenvalue weighted by Crippen LogP contribution is 2.19. The Morgan fingerprint density at radius 1 is 1.30 bits per heavy atom. The highest BCUT2D eigenvalue weighted by molar-refractivity contribution is 7.80. The number of nitrogen functional groups attached to an aromatic ring is 1. The van der Waals surface area contributed by atoms with E-state index in [0.29, 0.717) is 38.9 Å². The Balaban J connectivity index is 1.94. The van der Waals surface area contributed by atoms with Crippen LogP contribution in [0.4, 0.5) is 5.82 Å². The number of nitrogens with zero attached hydrogens (tertiary/aromatic N) is 3. The van der Waals surface area contributed by atoms with Crippen molar-refractivity contribution >= 4 is 40.8 Å². The van der Waals surface area contributed by atoms with Crippen LogP contribution < -0.4 is 16.4 Å². The van der Waals surface area contributed by atoms with Gasteiger partial charge in [0.2, 0.25) is 0 Å². The summed E-state index contributed by atoms with van der Waals surface area (Å²) in [6, 6.07) is 5.29. The molecule has 0 amide bonds. The Hall–Kier alpha value is -2.51. The van der Waals surface area contributed by atoms with Gasteiger partial charge in [-0.2, -0.15) is 0 Å². The van der Waals surface area contributed by atoms with Gasteiger partial charge in [-0.15, -0.1) is 0 Å².